The van der Waals surface area contributed by atoms with Crippen LogP contribution in [0.5, 0.6) is 0 Å². The molecule has 2 heterocycles. The smallest absolute Gasteiger partial charge is 0.0382 e. The molecule has 0 fully saturated rings. The molecular formula is C17H23NS. The van der Waals surface area contributed by atoms with Crippen LogP contribution in [0.15, 0.2) is 24.3 Å². The Morgan fingerprint density at radius 2 is 1.74 bits per heavy atom. The summed E-state index contributed by atoms with van der Waals surface area (Å²) in [6.45, 7) is 6.39. The second kappa shape index (κ2) is 6.85. The number of rotatable bonds is 6. The van der Waals surface area contributed by atoms with Gasteiger partial charge in [0, 0.05) is 21.1 Å². The van der Waals surface area contributed by atoms with Gasteiger partial charge in [-0.2, -0.15) is 0 Å². The van der Waals surface area contributed by atoms with Gasteiger partial charge in [0.05, 0.1) is 0 Å². The average Bonchev–Trinajstić information content (AvgIpc) is 2.82. The molecule has 1 nitrogen and oxygen atoms in total. The van der Waals surface area contributed by atoms with Gasteiger partial charge < -0.3 is 0 Å². The Hall–Kier alpha value is -1.15. The molecule has 0 spiro atoms. The quantitative estimate of drug-likeness (QED) is 0.629. The van der Waals surface area contributed by atoms with E-state index in [4.69, 9.17) is 0 Å². The van der Waals surface area contributed by atoms with Crippen molar-refractivity contribution in [2.75, 3.05) is 0 Å². The fraction of sp³-hybridized carbons (Fsp3) is 0.471. The lowest BCUT2D eigenvalue weighted by Gasteiger charge is -2.01. The van der Waals surface area contributed by atoms with Crippen molar-refractivity contribution in [2.45, 2.75) is 52.9 Å². The van der Waals surface area contributed by atoms with Crippen LogP contribution in [0, 0.1) is 13.8 Å². The Morgan fingerprint density at radius 3 is 2.42 bits per heavy atom. The van der Waals surface area contributed by atoms with E-state index >= 15 is 0 Å². The monoisotopic (exact) mass is 273 g/mol. The number of unbranched alkanes of at least 4 members (excludes halogenated alkanes) is 3. The van der Waals surface area contributed by atoms with Crippen molar-refractivity contribution in [1.82, 2.24) is 4.98 Å². The first-order valence-corrected chi connectivity index (χ1v) is 8.05. The molecule has 0 saturated carbocycles. The molecule has 2 aromatic rings. The molecule has 0 aliphatic carbocycles. The Labute approximate surface area is 120 Å². The van der Waals surface area contributed by atoms with E-state index in [1.54, 1.807) is 0 Å². The van der Waals surface area contributed by atoms with Crippen LogP contribution in [0.1, 0.15) is 48.9 Å². The SMILES string of the molecule is CCCCCCc1ccc(-c2cc(C)nc(C)c2)s1. The zero-order valence-corrected chi connectivity index (χ0v) is 13.0. The summed E-state index contributed by atoms with van der Waals surface area (Å²) in [6, 6.07) is 8.91. The standard InChI is InChI=1S/C17H23NS/c1-4-5-6-7-8-16-9-10-17(19-16)15-11-13(2)18-14(3)12-15/h9-12H,4-8H2,1-3H3. The summed E-state index contributed by atoms with van der Waals surface area (Å²) in [5.74, 6) is 0. The molecule has 0 radical (unpaired) electrons. The number of hydrogen-bond acceptors (Lipinski definition) is 2. The highest BCUT2D eigenvalue weighted by Crippen LogP contribution is 2.29. The predicted molar refractivity (Wildman–Crippen MR) is 84.9 cm³/mol. The van der Waals surface area contributed by atoms with Gasteiger partial charge in [0.15, 0.2) is 0 Å². The molecule has 0 aromatic carbocycles. The lowest BCUT2D eigenvalue weighted by molar-refractivity contribution is 0.670. The number of thiophene rings is 1. The first kappa shape index (κ1) is 14.3. The summed E-state index contributed by atoms with van der Waals surface area (Å²) in [5.41, 5.74) is 3.52. The average molecular weight is 273 g/mol. The molecule has 0 aliphatic heterocycles. The second-order valence-electron chi connectivity index (χ2n) is 5.22. The first-order valence-electron chi connectivity index (χ1n) is 7.23. The Bertz CT molecular complexity index is 508. The lowest BCUT2D eigenvalue weighted by atomic mass is 10.1. The van der Waals surface area contributed by atoms with Crippen molar-refractivity contribution in [3.05, 3.63) is 40.5 Å². The maximum absolute atomic E-state index is 4.44. The summed E-state index contributed by atoms with van der Waals surface area (Å²) in [5, 5.41) is 0. The molecule has 0 atom stereocenters. The molecule has 2 rings (SSSR count). The van der Waals surface area contributed by atoms with E-state index in [9.17, 15) is 0 Å². The van der Waals surface area contributed by atoms with Crippen LogP contribution in [-0.4, -0.2) is 4.98 Å². The van der Waals surface area contributed by atoms with Crippen molar-refractivity contribution in [1.29, 1.82) is 0 Å². The summed E-state index contributed by atoms with van der Waals surface area (Å²) in [6.07, 6.45) is 6.58. The number of nitrogens with zero attached hydrogens (tertiary/aromatic N) is 1. The lowest BCUT2D eigenvalue weighted by Crippen LogP contribution is -1.86. The molecule has 0 aliphatic rings. The van der Waals surface area contributed by atoms with Gasteiger partial charge in [-0.25, -0.2) is 0 Å². The van der Waals surface area contributed by atoms with Crippen molar-refractivity contribution >= 4 is 11.3 Å². The van der Waals surface area contributed by atoms with Crippen LogP contribution < -0.4 is 0 Å². The topological polar surface area (TPSA) is 12.9 Å². The van der Waals surface area contributed by atoms with Crippen LogP contribution >= 0.6 is 11.3 Å². The number of aryl methyl sites for hydroxylation is 3. The van der Waals surface area contributed by atoms with Gasteiger partial charge in [0.2, 0.25) is 0 Å². The minimum atomic E-state index is 1.10. The maximum Gasteiger partial charge on any atom is 0.0382 e. The molecule has 0 bridgehead atoms. The maximum atomic E-state index is 4.44. The minimum Gasteiger partial charge on any atom is -0.258 e. The molecular weight excluding hydrogens is 250 g/mol. The fourth-order valence-electron chi connectivity index (χ4n) is 2.37. The van der Waals surface area contributed by atoms with Crippen LogP contribution in [0.4, 0.5) is 0 Å². The summed E-state index contributed by atoms with van der Waals surface area (Å²) < 4.78 is 0. The highest BCUT2D eigenvalue weighted by molar-refractivity contribution is 7.15. The van der Waals surface area contributed by atoms with Gasteiger partial charge in [-0.3, -0.25) is 4.98 Å². The van der Waals surface area contributed by atoms with Crippen LogP contribution in [0.2, 0.25) is 0 Å². The highest BCUT2D eigenvalue weighted by Gasteiger charge is 2.04. The number of hydrogen-bond donors (Lipinski definition) is 0. The van der Waals surface area contributed by atoms with E-state index in [1.807, 2.05) is 11.3 Å². The molecule has 0 unspecified atom stereocenters. The van der Waals surface area contributed by atoms with E-state index in [0.29, 0.717) is 0 Å². The summed E-state index contributed by atoms with van der Waals surface area (Å²) >= 11 is 1.93. The normalized spacial score (nSPS) is 10.9. The van der Waals surface area contributed by atoms with Gasteiger partial charge in [0.1, 0.15) is 0 Å². The molecule has 102 valence electrons. The third-order valence-electron chi connectivity index (χ3n) is 3.30. The summed E-state index contributed by atoms with van der Waals surface area (Å²) in [7, 11) is 0. The highest BCUT2D eigenvalue weighted by atomic mass is 32.1. The minimum absolute atomic E-state index is 1.10. The van der Waals surface area contributed by atoms with Gasteiger partial charge in [-0.15, -0.1) is 11.3 Å². The van der Waals surface area contributed by atoms with Gasteiger partial charge in [0.25, 0.3) is 0 Å². The summed E-state index contributed by atoms with van der Waals surface area (Å²) in [4.78, 5) is 7.33. The van der Waals surface area contributed by atoms with E-state index in [-0.39, 0.29) is 0 Å². The van der Waals surface area contributed by atoms with E-state index in [2.05, 4.69) is 50.0 Å². The third-order valence-corrected chi connectivity index (χ3v) is 4.50. The zero-order chi connectivity index (χ0) is 13.7. The first-order chi connectivity index (χ1) is 9.19. The van der Waals surface area contributed by atoms with Crippen molar-refractivity contribution in [3.63, 3.8) is 0 Å². The largest absolute Gasteiger partial charge is 0.258 e. The van der Waals surface area contributed by atoms with E-state index < -0.39 is 0 Å². The molecule has 0 amide bonds. The van der Waals surface area contributed by atoms with Crippen LogP contribution in [0.25, 0.3) is 10.4 Å². The fourth-order valence-corrected chi connectivity index (χ4v) is 3.41. The van der Waals surface area contributed by atoms with Gasteiger partial charge in [-0.05, 0) is 56.5 Å². The molecule has 19 heavy (non-hydrogen) atoms. The molecule has 0 N–H and O–H groups in total. The third kappa shape index (κ3) is 4.17. The van der Waals surface area contributed by atoms with E-state index in [1.165, 1.54) is 47.4 Å². The van der Waals surface area contributed by atoms with Gasteiger partial charge >= 0.3 is 0 Å². The number of pyridine rings is 1. The van der Waals surface area contributed by atoms with Crippen LogP contribution in [0.3, 0.4) is 0 Å². The Kier molecular flexibility index (Phi) is 5.15. The molecule has 0 saturated heterocycles. The molecule has 2 heteroatoms. The second-order valence-corrected chi connectivity index (χ2v) is 6.38. The predicted octanol–water partition coefficient (Wildman–Crippen LogP) is 5.55. The van der Waals surface area contributed by atoms with Crippen LogP contribution in [-0.2, 0) is 6.42 Å². The van der Waals surface area contributed by atoms with Crippen molar-refractivity contribution in [2.24, 2.45) is 0 Å². The number of aromatic nitrogens is 1. The van der Waals surface area contributed by atoms with Crippen molar-refractivity contribution < 1.29 is 0 Å². The molecule has 2 aromatic heterocycles. The van der Waals surface area contributed by atoms with E-state index in [0.717, 1.165) is 11.4 Å². The zero-order valence-electron chi connectivity index (χ0n) is 12.2. The van der Waals surface area contributed by atoms with Crippen molar-refractivity contribution in [3.8, 4) is 10.4 Å². The van der Waals surface area contributed by atoms with Gasteiger partial charge in [-0.1, -0.05) is 26.2 Å². The Morgan fingerprint density at radius 1 is 1.00 bits per heavy atom. The Balaban J connectivity index is 2.03.